The number of carbonyl (C=O) groups excluding carboxylic acids is 1. The predicted molar refractivity (Wildman–Crippen MR) is 86.1 cm³/mol. The molecule has 4 heteroatoms. The van der Waals surface area contributed by atoms with Gasteiger partial charge >= 0.3 is 0 Å². The third-order valence-electron chi connectivity index (χ3n) is 2.95. The van der Waals surface area contributed by atoms with E-state index in [-0.39, 0.29) is 5.91 Å². The highest BCUT2D eigenvalue weighted by Gasteiger charge is 2.14. The van der Waals surface area contributed by atoms with E-state index in [4.69, 9.17) is 5.26 Å². The van der Waals surface area contributed by atoms with Crippen LogP contribution in [0.4, 0.5) is 0 Å². The molecule has 0 saturated heterocycles. The van der Waals surface area contributed by atoms with Gasteiger partial charge in [-0.25, -0.2) is 0 Å². The molecule has 0 aliphatic carbocycles. The minimum Gasteiger partial charge on any atom is -0.337 e. The van der Waals surface area contributed by atoms with Gasteiger partial charge in [0, 0.05) is 17.2 Å². The van der Waals surface area contributed by atoms with Gasteiger partial charge in [-0.1, -0.05) is 24.3 Å². The molecule has 0 saturated carbocycles. The first-order chi connectivity index (χ1) is 9.61. The summed E-state index contributed by atoms with van der Waals surface area (Å²) >= 11 is 2.17. The number of nitrogens with zero attached hydrogens (tertiary/aromatic N) is 2. The summed E-state index contributed by atoms with van der Waals surface area (Å²) in [6.45, 7) is 0.523. The fraction of sp³-hybridized carbons (Fsp3) is 0.125. The Hall–Kier alpha value is -1.87. The second-order valence-electron chi connectivity index (χ2n) is 4.45. The van der Waals surface area contributed by atoms with Gasteiger partial charge in [-0.15, -0.1) is 0 Å². The van der Waals surface area contributed by atoms with Crippen molar-refractivity contribution in [3.05, 3.63) is 68.8 Å². The van der Waals surface area contributed by atoms with Gasteiger partial charge in [-0.3, -0.25) is 4.79 Å². The second kappa shape index (κ2) is 6.53. The molecule has 100 valence electrons. The van der Waals surface area contributed by atoms with E-state index in [0.717, 1.165) is 9.13 Å². The van der Waals surface area contributed by atoms with Crippen LogP contribution in [-0.4, -0.2) is 17.9 Å². The molecule has 0 fully saturated rings. The van der Waals surface area contributed by atoms with Crippen molar-refractivity contribution in [1.82, 2.24) is 4.90 Å². The Balaban J connectivity index is 2.11. The van der Waals surface area contributed by atoms with E-state index in [9.17, 15) is 4.79 Å². The van der Waals surface area contributed by atoms with Crippen LogP contribution in [0.5, 0.6) is 0 Å². The molecule has 0 radical (unpaired) electrons. The van der Waals surface area contributed by atoms with Crippen molar-refractivity contribution < 1.29 is 4.79 Å². The van der Waals surface area contributed by atoms with Crippen LogP contribution in [0, 0.1) is 14.9 Å². The van der Waals surface area contributed by atoms with E-state index in [1.165, 1.54) is 0 Å². The fourth-order valence-electron chi connectivity index (χ4n) is 1.87. The van der Waals surface area contributed by atoms with Crippen molar-refractivity contribution in [3.8, 4) is 6.07 Å². The zero-order chi connectivity index (χ0) is 14.5. The molecule has 0 N–H and O–H groups in total. The standard InChI is InChI=1S/C16H13IN2O/c1-19(11-13-8-6-12(10-18)7-9-13)16(20)14-4-2-3-5-15(14)17/h2-9H,11H2,1H3. The number of rotatable bonds is 3. The number of carbonyl (C=O) groups is 1. The maximum absolute atomic E-state index is 12.4. The zero-order valence-corrected chi connectivity index (χ0v) is 13.2. The maximum Gasteiger partial charge on any atom is 0.254 e. The van der Waals surface area contributed by atoms with Gasteiger partial charge in [-0.2, -0.15) is 5.26 Å². The van der Waals surface area contributed by atoms with Crippen LogP contribution in [-0.2, 0) is 6.54 Å². The SMILES string of the molecule is CN(Cc1ccc(C#N)cc1)C(=O)c1ccccc1I. The van der Waals surface area contributed by atoms with Gasteiger partial charge < -0.3 is 4.90 Å². The molecule has 3 nitrogen and oxygen atoms in total. The van der Waals surface area contributed by atoms with Crippen molar-refractivity contribution in [2.45, 2.75) is 6.54 Å². The Morgan fingerprint density at radius 3 is 2.45 bits per heavy atom. The molecule has 0 atom stereocenters. The molecular weight excluding hydrogens is 363 g/mol. The third-order valence-corrected chi connectivity index (χ3v) is 3.89. The lowest BCUT2D eigenvalue weighted by Crippen LogP contribution is -2.26. The first-order valence-electron chi connectivity index (χ1n) is 6.11. The van der Waals surface area contributed by atoms with E-state index in [1.807, 2.05) is 36.4 Å². The van der Waals surface area contributed by atoms with Crippen molar-refractivity contribution in [2.24, 2.45) is 0 Å². The first kappa shape index (κ1) is 14.5. The Kier molecular flexibility index (Phi) is 4.74. The number of nitriles is 1. The third kappa shape index (κ3) is 3.36. The molecule has 0 unspecified atom stereocenters. The predicted octanol–water partition coefficient (Wildman–Crippen LogP) is 3.44. The highest BCUT2D eigenvalue weighted by Crippen LogP contribution is 2.15. The van der Waals surface area contributed by atoms with Gasteiger partial charge in [0.05, 0.1) is 17.2 Å². The van der Waals surface area contributed by atoms with Crippen LogP contribution in [0.2, 0.25) is 0 Å². The molecule has 2 aromatic carbocycles. The van der Waals surface area contributed by atoms with Gasteiger partial charge in [0.1, 0.15) is 0 Å². The van der Waals surface area contributed by atoms with Crippen LogP contribution < -0.4 is 0 Å². The number of amides is 1. The molecule has 2 rings (SSSR count). The molecule has 0 aliphatic heterocycles. The lowest BCUT2D eigenvalue weighted by Gasteiger charge is -2.18. The van der Waals surface area contributed by atoms with Crippen molar-refractivity contribution in [1.29, 1.82) is 5.26 Å². The van der Waals surface area contributed by atoms with Crippen LogP contribution >= 0.6 is 22.6 Å². The highest BCUT2D eigenvalue weighted by atomic mass is 127. The lowest BCUT2D eigenvalue weighted by molar-refractivity contribution is 0.0784. The molecule has 0 bridgehead atoms. The quantitative estimate of drug-likeness (QED) is 0.771. The van der Waals surface area contributed by atoms with Crippen LogP contribution in [0.1, 0.15) is 21.5 Å². The van der Waals surface area contributed by atoms with Crippen LogP contribution in [0.25, 0.3) is 0 Å². The largest absolute Gasteiger partial charge is 0.337 e. The van der Waals surface area contributed by atoms with E-state index >= 15 is 0 Å². The topological polar surface area (TPSA) is 44.1 Å². The maximum atomic E-state index is 12.4. The van der Waals surface area contributed by atoms with Crippen LogP contribution in [0.3, 0.4) is 0 Å². The Morgan fingerprint density at radius 2 is 1.85 bits per heavy atom. The lowest BCUT2D eigenvalue weighted by atomic mass is 10.1. The average molecular weight is 376 g/mol. The molecule has 0 heterocycles. The van der Waals surface area contributed by atoms with Crippen LogP contribution in [0.15, 0.2) is 48.5 Å². The number of hydrogen-bond donors (Lipinski definition) is 0. The van der Waals surface area contributed by atoms with Crippen molar-refractivity contribution in [3.63, 3.8) is 0 Å². The minimum absolute atomic E-state index is 0.000593. The van der Waals surface area contributed by atoms with E-state index < -0.39 is 0 Å². The Morgan fingerprint density at radius 1 is 1.20 bits per heavy atom. The normalized spacial score (nSPS) is 9.85. The van der Waals surface area contributed by atoms with E-state index in [0.29, 0.717) is 17.7 Å². The summed E-state index contributed by atoms with van der Waals surface area (Å²) in [4.78, 5) is 14.0. The van der Waals surface area contributed by atoms with E-state index in [1.54, 1.807) is 24.1 Å². The highest BCUT2D eigenvalue weighted by molar-refractivity contribution is 14.1. The number of halogens is 1. The molecule has 0 spiro atoms. The summed E-state index contributed by atoms with van der Waals surface area (Å²) in [5, 5.41) is 8.76. The Labute approximate surface area is 132 Å². The number of hydrogen-bond acceptors (Lipinski definition) is 2. The Bertz CT molecular complexity index is 659. The summed E-state index contributed by atoms with van der Waals surface area (Å²) in [5.41, 5.74) is 2.34. The van der Waals surface area contributed by atoms with Crippen molar-refractivity contribution in [2.75, 3.05) is 7.05 Å². The van der Waals surface area contributed by atoms with Gasteiger partial charge in [0.2, 0.25) is 0 Å². The molecular formula is C16H13IN2O. The number of benzene rings is 2. The molecule has 20 heavy (non-hydrogen) atoms. The van der Waals surface area contributed by atoms with E-state index in [2.05, 4.69) is 28.7 Å². The van der Waals surface area contributed by atoms with Gasteiger partial charge in [0.15, 0.2) is 0 Å². The monoisotopic (exact) mass is 376 g/mol. The average Bonchev–Trinajstić information content (AvgIpc) is 2.48. The second-order valence-corrected chi connectivity index (χ2v) is 5.61. The van der Waals surface area contributed by atoms with Gasteiger partial charge in [0.25, 0.3) is 5.91 Å². The molecule has 2 aromatic rings. The van der Waals surface area contributed by atoms with Crippen molar-refractivity contribution >= 4 is 28.5 Å². The zero-order valence-electron chi connectivity index (χ0n) is 11.0. The summed E-state index contributed by atoms with van der Waals surface area (Å²) in [6.07, 6.45) is 0. The molecule has 0 aliphatic rings. The minimum atomic E-state index is -0.000593. The smallest absolute Gasteiger partial charge is 0.254 e. The summed E-state index contributed by atoms with van der Waals surface area (Å²) in [7, 11) is 1.78. The first-order valence-corrected chi connectivity index (χ1v) is 7.18. The summed E-state index contributed by atoms with van der Waals surface area (Å²) in [6, 6.07) is 16.9. The molecule has 0 aromatic heterocycles. The summed E-state index contributed by atoms with van der Waals surface area (Å²) < 4.78 is 0.946. The summed E-state index contributed by atoms with van der Waals surface area (Å²) in [5.74, 6) is -0.000593. The fourth-order valence-corrected chi connectivity index (χ4v) is 2.49. The molecule has 1 amide bonds. The van der Waals surface area contributed by atoms with Gasteiger partial charge in [-0.05, 0) is 52.4 Å².